The highest BCUT2D eigenvalue weighted by molar-refractivity contribution is 9.10. The molecule has 0 aromatic heterocycles. The number of nitrogens with zero attached hydrogens (tertiary/aromatic N) is 1. The second-order valence-electron chi connectivity index (χ2n) is 3.78. The first-order valence-corrected chi connectivity index (χ1v) is 5.61. The molecule has 0 fully saturated rings. The predicted octanol–water partition coefficient (Wildman–Crippen LogP) is 1.55. The molecule has 0 radical (unpaired) electrons. The number of halogens is 2. The molecule has 16 heavy (non-hydrogen) atoms. The van der Waals surface area contributed by atoms with Gasteiger partial charge in [-0.3, -0.25) is 4.79 Å². The molecule has 1 amide bonds. The largest absolute Gasteiger partial charge is 0.347 e. The van der Waals surface area contributed by atoms with Gasteiger partial charge in [0.2, 0.25) is 5.91 Å². The molecule has 0 aliphatic carbocycles. The van der Waals surface area contributed by atoms with Crippen molar-refractivity contribution in [3.63, 3.8) is 0 Å². The van der Waals surface area contributed by atoms with Gasteiger partial charge in [-0.05, 0) is 30.2 Å². The van der Waals surface area contributed by atoms with Crippen molar-refractivity contribution in [2.24, 2.45) is 5.73 Å². The van der Waals surface area contributed by atoms with Crippen LogP contribution in [-0.2, 0) is 11.2 Å². The van der Waals surface area contributed by atoms with Gasteiger partial charge in [0, 0.05) is 18.6 Å². The standard InChI is InChI=1S/C11H14BrFN2O/c1-15(2)11(16)10(14)6-7-5-8(12)3-4-9(7)13/h3-5,10H,6,14H2,1-2H3. The Hall–Kier alpha value is -0.940. The Labute approximate surface area is 103 Å². The monoisotopic (exact) mass is 288 g/mol. The summed E-state index contributed by atoms with van der Waals surface area (Å²) in [6.45, 7) is 0. The van der Waals surface area contributed by atoms with Gasteiger partial charge in [0.25, 0.3) is 0 Å². The molecular weight excluding hydrogens is 275 g/mol. The molecule has 0 heterocycles. The molecule has 1 rings (SSSR count). The lowest BCUT2D eigenvalue weighted by Gasteiger charge is -2.17. The summed E-state index contributed by atoms with van der Waals surface area (Å²) in [5.74, 6) is -0.551. The highest BCUT2D eigenvalue weighted by Gasteiger charge is 2.17. The van der Waals surface area contributed by atoms with E-state index in [4.69, 9.17) is 5.73 Å². The summed E-state index contributed by atoms with van der Waals surface area (Å²) in [6, 6.07) is 3.89. The number of benzene rings is 1. The third-order valence-electron chi connectivity index (χ3n) is 2.21. The Balaban J connectivity index is 2.80. The van der Waals surface area contributed by atoms with Crippen LogP contribution in [0.1, 0.15) is 5.56 Å². The van der Waals surface area contributed by atoms with Crippen molar-refractivity contribution in [2.45, 2.75) is 12.5 Å². The van der Waals surface area contributed by atoms with Crippen molar-refractivity contribution in [1.29, 1.82) is 0 Å². The normalized spacial score (nSPS) is 12.3. The van der Waals surface area contributed by atoms with Gasteiger partial charge in [0.15, 0.2) is 0 Å². The smallest absolute Gasteiger partial charge is 0.239 e. The van der Waals surface area contributed by atoms with Crippen LogP contribution in [0.25, 0.3) is 0 Å². The van der Waals surface area contributed by atoms with E-state index in [1.807, 2.05) is 0 Å². The van der Waals surface area contributed by atoms with E-state index in [1.54, 1.807) is 26.2 Å². The number of rotatable bonds is 3. The molecule has 3 nitrogen and oxygen atoms in total. The maximum atomic E-state index is 13.4. The zero-order chi connectivity index (χ0) is 12.3. The van der Waals surface area contributed by atoms with E-state index in [9.17, 15) is 9.18 Å². The molecule has 0 aliphatic heterocycles. The Morgan fingerprint density at radius 2 is 2.19 bits per heavy atom. The SMILES string of the molecule is CN(C)C(=O)C(N)Cc1cc(Br)ccc1F. The summed E-state index contributed by atoms with van der Waals surface area (Å²) in [5.41, 5.74) is 6.14. The van der Waals surface area contributed by atoms with Gasteiger partial charge in [0.1, 0.15) is 5.82 Å². The molecule has 1 unspecified atom stereocenters. The molecule has 1 atom stereocenters. The second-order valence-corrected chi connectivity index (χ2v) is 4.69. The predicted molar refractivity (Wildman–Crippen MR) is 64.5 cm³/mol. The van der Waals surface area contributed by atoms with Crippen LogP contribution in [0.5, 0.6) is 0 Å². The molecule has 0 spiro atoms. The van der Waals surface area contributed by atoms with Crippen molar-refractivity contribution in [1.82, 2.24) is 4.90 Å². The van der Waals surface area contributed by atoms with Crippen LogP contribution in [0, 0.1) is 5.82 Å². The Morgan fingerprint density at radius 1 is 1.56 bits per heavy atom. The van der Waals surface area contributed by atoms with Crippen LogP contribution in [0.2, 0.25) is 0 Å². The molecule has 0 aliphatic rings. The van der Waals surface area contributed by atoms with E-state index in [2.05, 4.69) is 15.9 Å². The fourth-order valence-corrected chi connectivity index (χ4v) is 1.76. The summed E-state index contributed by atoms with van der Waals surface area (Å²) in [5, 5.41) is 0. The number of carbonyl (C=O) groups is 1. The van der Waals surface area contributed by atoms with Crippen molar-refractivity contribution in [3.8, 4) is 0 Å². The molecular formula is C11H14BrFN2O. The Kier molecular flexibility index (Phi) is 4.44. The van der Waals surface area contributed by atoms with Gasteiger partial charge < -0.3 is 10.6 Å². The minimum Gasteiger partial charge on any atom is -0.347 e. The zero-order valence-electron chi connectivity index (χ0n) is 9.21. The van der Waals surface area contributed by atoms with E-state index >= 15 is 0 Å². The maximum Gasteiger partial charge on any atom is 0.239 e. The van der Waals surface area contributed by atoms with Crippen molar-refractivity contribution >= 4 is 21.8 Å². The van der Waals surface area contributed by atoms with Crippen molar-refractivity contribution < 1.29 is 9.18 Å². The zero-order valence-corrected chi connectivity index (χ0v) is 10.8. The van der Waals surface area contributed by atoms with Crippen LogP contribution >= 0.6 is 15.9 Å². The van der Waals surface area contributed by atoms with Crippen LogP contribution in [-0.4, -0.2) is 30.9 Å². The maximum absolute atomic E-state index is 13.4. The second kappa shape index (κ2) is 5.41. The fraction of sp³-hybridized carbons (Fsp3) is 0.364. The van der Waals surface area contributed by atoms with E-state index in [-0.39, 0.29) is 18.1 Å². The summed E-state index contributed by atoms with van der Waals surface area (Å²) in [7, 11) is 3.25. The number of nitrogens with two attached hydrogens (primary N) is 1. The van der Waals surface area contributed by atoms with E-state index in [0.717, 1.165) is 4.47 Å². The number of likely N-dealkylation sites (N-methyl/N-ethyl adjacent to an activating group) is 1. The van der Waals surface area contributed by atoms with Crippen molar-refractivity contribution in [3.05, 3.63) is 34.1 Å². The summed E-state index contributed by atoms with van der Waals surface area (Å²) < 4.78 is 14.2. The lowest BCUT2D eigenvalue weighted by Crippen LogP contribution is -2.41. The van der Waals surface area contributed by atoms with Gasteiger partial charge in [-0.2, -0.15) is 0 Å². The fourth-order valence-electron chi connectivity index (χ4n) is 1.36. The Morgan fingerprint density at radius 3 is 2.75 bits per heavy atom. The van der Waals surface area contributed by atoms with E-state index < -0.39 is 6.04 Å². The minimum atomic E-state index is -0.709. The molecule has 2 N–H and O–H groups in total. The third-order valence-corrected chi connectivity index (χ3v) is 2.70. The summed E-state index contributed by atoms with van der Waals surface area (Å²) in [6.07, 6.45) is 0.197. The minimum absolute atomic E-state index is 0.197. The van der Waals surface area contributed by atoms with Crippen LogP contribution in [0.15, 0.2) is 22.7 Å². The number of amides is 1. The molecule has 1 aromatic carbocycles. The lowest BCUT2D eigenvalue weighted by molar-refractivity contribution is -0.130. The highest BCUT2D eigenvalue weighted by Crippen LogP contribution is 2.16. The number of hydrogen-bond donors (Lipinski definition) is 1. The summed E-state index contributed by atoms with van der Waals surface area (Å²) in [4.78, 5) is 12.9. The van der Waals surface area contributed by atoms with Crippen molar-refractivity contribution in [2.75, 3.05) is 14.1 Å². The molecule has 0 saturated carbocycles. The van der Waals surface area contributed by atoms with E-state index in [1.165, 1.54) is 11.0 Å². The van der Waals surface area contributed by atoms with Gasteiger partial charge in [-0.25, -0.2) is 4.39 Å². The lowest BCUT2D eigenvalue weighted by atomic mass is 10.1. The van der Waals surface area contributed by atoms with Gasteiger partial charge >= 0.3 is 0 Å². The van der Waals surface area contributed by atoms with E-state index in [0.29, 0.717) is 5.56 Å². The Bertz CT molecular complexity index is 396. The number of hydrogen-bond acceptors (Lipinski definition) is 2. The topological polar surface area (TPSA) is 46.3 Å². The average Bonchev–Trinajstić information content (AvgIpc) is 2.22. The molecule has 0 saturated heterocycles. The first-order valence-electron chi connectivity index (χ1n) is 4.82. The van der Waals surface area contributed by atoms with Crippen LogP contribution in [0.3, 0.4) is 0 Å². The van der Waals surface area contributed by atoms with Crippen LogP contribution in [0.4, 0.5) is 4.39 Å². The molecule has 0 bridgehead atoms. The molecule has 88 valence electrons. The molecule has 5 heteroatoms. The molecule has 1 aromatic rings. The highest BCUT2D eigenvalue weighted by atomic mass is 79.9. The average molecular weight is 289 g/mol. The van der Waals surface area contributed by atoms with Crippen LogP contribution < -0.4 is 5.73 Å². The van der Waals surface area contributed by atoms with Gasteiger partial charge in [-0.15, -0.1) is 0 Å². The van der Waals surface area contributed by atoms with Gasteiger partial charge in [-0.1, -0.05) is 15.9 Å². The van der Waals surface area contributed by atoms with Gasteiger partial charge in [0.05, 0.1) is 6.04 Å². The first-order chi connectivity index (χ1) is 7.41. The third kappa shape index (κ3) is 3.28. The first kappa shape index (κ1) is 13.1. The quantitative estimate of drug-likeness (QED) is 0.917. The number of carbonyl (C=O) groups excluding carboxylic acids is 1. The summed E-state index contributed by atoms with van der Waals surface area (Å²) >= 11 is 3.25.